The Hall–Kier alpha value is -1.94. The smallest absolute Gasteiger partial charge is 0.387 e. The predicted molar refractivity (Wildman–Crippen MR) is 101 cm³/mol. The van der Waals surface area contributed by atoms with Crippen molar-refractivity contribution in [2.24, 2.45) is 4.99 Å². The number of nitrogens with one attached hydrogen (secondary N) is 3. The number of aliphatic hydroxyl groups excluding tert-OH is 2. The molecule has 160 valence electrons. The zero-order chi connectivity index (χ0) is 21.7. The van der Waals surface area contributed by atoms with Gasteiger partial charge in [-0.05, 0) is 19.1 Å². The molecule has 5 atom stereocenters. The molecule has 0 spiro atoms. The molecule has 0 saturated carbocycles. The number of nitrogens with zero attached hydrogens (tertiary/aromatic N) is 2. The molecule has 2 rings (SSSR count). The molecule has 12 nitrogen and oxygen atoms in total. The lowest BCUT2D eigenvalue weighted by molar-refractivity contribution is -0.0948. The zero-order valence-corrected chi connectivity index (χ0v) is 16.8. The maximum Gasteiger partial charge on any atom is 0.405 e. The van der Waals surface area contributed by atoms with E-state index in [1.54, 1.807) is 19.9 Å². The summed E-state index contributed by atoms with van der Waals surface area (Å²) in [4.78, 5) is 16.1. The van der Waals surface area contributed by atoms with Gasteiger partial charge in [0.25, 0.3) is 0 Å². The van der Waals surface area contributed by atoms with Gasteiger partial charge >= 0.3 is 7.75 Å². The number of aliphatic hydroxyl groups is 2. The van der Waals surface area contributed by atoms with E-state index in [-0.39, 0.29) is 18.8 Å². The summed E-state index contributed by atoms with van der Waals surface area (Å²) < 4.78 is 26.9. The van der Waals surface area contributed by atoms with Crippen molar-refractivity contribution in [3.63, 3.8) is 0 Å². The minimum Gasteiger partial charge on any atom is -0.387 e. The fourth-order valence-corrected chi connectivity index (χ4v) is 3.55. The quantitative estimate of drug-likeness (QED) is 0.0973. The summed E-state index contributed by atoms with van der Waals surface area (Å²) in [5, 5.41) is 39.7. The predicted octanol–water partition coefficient (Wildman–Crippen LogP) is -0.0292. The number of nitriles is 1. The highest BCUT2D eigenvalue weighted by Gasteiger charge is 2.56. The molecule has 1 fully saturated rings. The Morgan fingerprint density at radius 1 is 1.59 bits per heavy atom. The molecule has 0 radical (unpaired) electrons. The number of aromatic nitrogens is 1. The van der Waals surface area contributed by atoms with Gasteiger partial charge in [-0.2, -0.15) is 5.26 Å². The highest BCUT2D eigenvalue weighted by Crippen LogP contribution is 2.40. The first-order chi connectivity index (χ1) is 13.7. The molecule has 1 aromatic heterocycles. The van der Waals surface area contributed by atoms with E-state index in [0.717, 1.165) is 6.34 Å². The molecule has 1 aromatic rings. The van der Waals surface area contributed by atoms with E-state index in [1.165, 1.54) is 6.07 Å². The van der Waals surface area contributed by atoms with Crippen LogP contribution in [0.25, 0.3) is 0 Å². The van der Waals surface area contributed by atoms with Gasteiger partial charge < -0.3 is 29.6 Å². The number of rotatable bonds is 10. The van der Waals surface area contributed by atoms with E-state index in [2.05, 4.69) is 19.6 Å². The summed E-state index contributed by atoms with van der Waals surface area (Å²) >= 11 is 0. The van der Waals surface area contributed by atoms with Gasteiger partial charge in [0.2, 0.25) is 5.60 Å². The Labute approximate surface area is 167 Å². The topological polar surface area (TPSA) is 193 Å². The lowest BCUT2D eigenvalue weighted by atomic mass is 9.93. The van der Waals surface area contributed by atoms with Crippen LogP contribution in [-0.2, 0) is 24.2 Å². The van der Waals surface area contributed by atoms with Crippen molar-refractivity contribution in [3.05, 3.63) is 23.5 Å². The molecule has 0 bridgehead atoms. The number of H-pyrrole nitrogens is 1. The van der Waals surface area contributed by atoms with Crippen LogP contribution < -0.4 is 5.09 Å². The largest absolute Gasteiger partial charge is 0.405 e. The molecule has 13 heteroatoms. The van der Waals surface area contributed by atoms with Crippen molar-refractivity contribution < 1.29 is 33.7 Å². The SMILES string of the molecule is CCNP(=O)(O)OCOCC1O[C@@](C#N)(c2ccc(C(C)=NC=N)[nH]2)[C@H](O)[C@@H]1O. The van der Waals surface area contributed by atoms with Crippen LogP contribution in [0.3, 0.4) is 0 Å². The van der Waals surface area contributed by atoms with Crippen LogP contribution in [0.15, 0.2) is 17.1 Å². The molecule has 1 saturated heterocycles. The molecule has 0 aliphatic carbocycles. The molecule has 2 heterocycles. The second-order valence-corrected chi connectivity index (χ2v) is 7.83. The van der Waals surface area contributed by atoms with Crippen LogP contribution in [0.5, 0.6) is 0 Å². The third-order valence-electron chi connectivity index (χ3n) is 4.31. The Bertz CT molecular complexity index is 838. The molecular weight excluding hydrogens is 405 g/mol. The van der Waals surface area contributed by atoms with E-state index < -0.39 is 38.5 Å². The van der Waals surface area contributed by atoms with Crippen LogP contribution in [0.2, 0.25) is 0 Å². The molecule has 1 aliphatic rings. The normalized spacial score (nSPS) is 29.4. The van der Waals surface area contributed by atoms with Crippen molar-refractivity contribution >= 4 is 19.8 Å². The zero-order valence-electron chi connectivity index (χ0n) is 15.9. The van der Waals surface area contributed by atoms with E-state index in [4.69, 9.17) is 14.9 Å². The second kappa shape index (κ2) is 9.71. The molecule has 0 amide bonds. The van der Waals surface area contributed by atoms with E-state index in [0.29, 0.717) is 11.4 Å². The number of ether oxygens (including phenoxy) is 2. The number of hydrogen-bond acceptors (Lipinski definition) is 8. The van der Waals surface area contributed by atoms with Crippen LogP contribution in [0.4, 0.5) is 0 Å². The Morgan fingerprint density at radius 3 is 2.93 bits per heavy atom. The van der Waals surface area contributed by atoms with Crippen LogP contribution in [-0.4, -0.2) is 70.4 Å². The number of aliphatic imine (C=N–C) groups is 1. The fraction of sp³-hybridized carbons (Fsp3) is 0.562. The summed E-state index contributed by atoms with van der Waals surface area (Å²) in [6.45, 7) is 2.65. The summed E-state index contributed by atoms with van der Waals surface area (Å²) in [6, 6.07) is 5.01. The van der Waals surface area contributed by atoms with Crippen LogP contribution >= 0.6 is 7.75 Å². The molecule has 0 aromatic carbocycles. The van der Waals surface area contributed by atoms with Crippen LogP contribution in [0, 0.1) is 16.7 Å². The molecular formula is C16H24N5O7P. The highest BCUT2D eigenvalue weighted by atomic mass is 31.2. The molecule has 1 aliphatic heterocycles. The van der Waals surface area contributed by atoms with Crippen molar-refractivity contribution in [1.29, 1.82) is 10.7 Å². The van der Waals surface area contributed by atoms with Crippen molar-refractivity contribution in [3.8, 4) is 6.07 Å². The lowest BCUT2D eigenvalue weighted by Gasteiger charge is -2.23. The summed E-state index contributed by atoms with van der Waals surface area (Å²) in [7, 11) is -3.99. The van der Waals surface area contributed by atoms with E-state index in [1.807, 2.05) is 6.07 Å². The monoisotopic (exact) mass is 429 g/mol. The van der Waals surface area contributed by atoms with Crippen molar-refractivity contribution in [2.45, 2.75) is 37.8 Å². The van der Waals surface area contributed by atoms with Gasteiger partial charge in [0, 0.05) is 6.54 Å². The number of hydrogen-bond donors (Lipinski definition) is 6. The third kappa shape index (κ3) is 5.16. The first-order valence-electron chi connectivity index (χ1n) is 8.69. The minimum absolute atomic E-state index is 0.201. The Kier molecular flexibility index (Phi) is 7.81. The fourth-order valence-electron chi connectivity index (χ4n) is 2.84. The standard InChI is InChI=1S/C16H24N5O7P/c1-3-20-29(24,25)27-9-26-6-12-14(22)15(23)16(7-17,28-12)13-5-4-11(21-13)10(2)19-8-18/h4-5,8,12,14-15,18,21-23H,3,6,9H2,1-2H3,(H2,20,24,25)/t12?,14-,15-,16+/m1/s1. The highest BCUT2D eigenvalue weighted by molar-refractivity contribution is 7.50. The minimum atomic E-state index is -3.99. The first kappa shape index (κ1) is 23.3. The second-order valence-electron chi connectivity index (χ2n) is 6.22. The molecule has 2 unspecified atom stereocenters. The average Bonchev–Trinajstić information content (AvgIpc) is 3.25. The first-order valence-corrected chi connectivity index (χ1v) is 10.3. The van der Waals surface area contributed by atoms with Gasteiger partial charge in [-0.15, -0.1) is 0 Å². The molecule has 6 N–H and O–H groups in total. The van der Waals surface area contributed by atoms with Crippen molar-refractivity contribution in [1.82, 2.24) is 10.1 Å². The maximum absolute atomic E-state index is 11.5. The van der Waals surface area contributed by atoms with Gasteiger partial charge in [-0.25, -0.2) is 14.6 Å². The third-order valence-corrected chi connectivity index (χ3v) is 5.48. The van der Waals surface area contributed by atoms with Gasteiger partial charge in [-0.1, -0.05) is 6.92 Å². The lowest BCUT2D eigenvalue weighted by Crippen LogP contribution is -2.40. The van der Waals surface area contributed by atoms with Gasteiger partial charge in [0.05, 0.1) is 23.7 Å². The molecule has 29 heavy (non-hydrogen) atoms. The Morgan fingerprint density at radius 2 is 2.31 bits per heavy atom. The Balaban J connectivity index is 2.08. The summed E-state index contributed by atoms with van der Waals surface area (Å²) in [5.74, 6) is 0. The van der Waals surface area contributed by atoms with E-state index in [9.17, 15) is 24.9 Å². The van der Waals surface area contributed by atoms with E-state index >= 15 is 0 Å². The van der Waals surface area contributed by atoms with Gasteiger partial charge in [0.1, 0.15) is 30.7 Å². The maximum atomic E-state index is 11.5. The van der Waals surface area contributed by atoms with Gasteiger partial charge in [0.15, 0.2) is 6.79 Å². The van der Waals surface area contributed by atoms with Gasteiger partial charge in [-0.3, -0.25) is 9.93 Å². The number of aromatic amines is 1. The van der Waals surface area contributed by atoms with Crippen LogP contribution in [0.1, 0.15) is 25.2 Å². The average molecular weight is 429 g/mol. The van der Waals surface area contributed by atoms with Crippen molar-refractivity contribution in [2.75, 3.05) is 19.9 Å². The summed E-state index contributed by atoms with van der Waals surface area (Å²) in [5.41, 5.74) is -0.683. The summed E-state index contributed by atoms with van der Waals surface area (Å²) in [6.07, 6.45) is -3.25.